The predicted molar refractivity (Wildman–Crippen MR) is 40.7 cm³/mol. The Morgan fingerprint density at radius 1 is 1.60 bits per heavy atom. The lowest BCUT2D eigenvalue weighted by molar-refractivity contribution is -0.948. The maximum Gasteiger partial charge on any atom is 0.170 e. The predicted octanol–water partition coefficient (Wildman–Crippen LogP) is -1.46. The summed E-state index contributed by atoms with van der Waals surface area (Å²) in [5, 5.41) is 0. The molecular formula is C6H17N4+. The van der Waals surface area contributed by atoms with Gasteiger partial charge in [-0.1, -0.05) is 0 Å². The summed E-state index contributed by atoms with van der Waals surface area (Å²) in [6, 6.07) is 0. The van der Waals surface area contributed by atoms with Crippen LogP contribution in [-0.4, -0.2) is 49.4 Å². The number of rotatable bonds is 0. The molecule has 1 aliphatic heterocycles. The van der Waals surface area contributed by atoms with Crippen LogP contribution in [0.4, 0.5) is 0 Å². The third kappa shape index (κ3) is 1.46. The molecule has 4 N–H and O–H groups in total. The van der Waals surface area contributed by atoms with Crippen molar-refractivity contribution in [2.75, 3.05) is 33.7 Å². The Labute approximate surface area is 61.9 Å². The van der Waals surface area contributed by atoms with Gasteiger partial charge in [0.2, 0.25) is 0 Å². The molecule has 10 heavy (non-hydrogen) atoms. The van der Waals surface area contributed by atoms with E-state index in [4.69, 9.17) is 11.6 Å². The average Bonchev–Trinajstić information content (AvgIpc) is 1.81. The largest absolute Gasteiger partial charge is 0.294 e. The van der Waals surface area contributed by atoms with E-state index in [1.165, 1.54) is 0 Å². The average molecular weight is 145 g/mol. The molecule has 0 amide bonds. The lowest BCUT2D eigenvalue weighted by atomic mass is 10.3. The molecule has 0 aromatic carbocycles. The minimum absolute atomic E-state index is 0.0683. The van der Waals surface area contributed by atoms with Crippen LogP contribution in [0.15, 0.2) is 0 Å². The van der Waals surface area contributed by atoms with Gasteiger partial charge in [-0.25, -0.2) is 4.59 Å². The van der Waals surface area contributed by atoms with Crippen molar-refractivity contribution in [3.8, 4) is 0 Å². The van der Waals surface area contributed by atoms with E-state index in [-0.39, 0.29) is 6.17 Å². The van der Waals surface area contributed by atoms with Crippen LogP contribution in [0.3, 0.4) is 0 Å². The Hall–Kier alpha value is -0.160. The fourth-order valence-corrected chi connectivity index (χ4v) is 1.15. The summed E-state index contributed by atoms with van der Waals surface area (Å²) in [4.78, 5) is 2.21. The van der Waals surface area contributed by atoms with Gasteiger partial charge in [-0.2, -0.15) is 5.84 Å². The summed E-state index contributed by atoms with van der Waals surface area (Å²) < 4.78 is 0.463. The molecule has 4 nitrogen and oxygen atoms in total. The van der Waals surface area contributed by atoms with Gasteiger partial charge >= 0.3 is 0 Å². The number of quaternary nitrogens is 1. The Kier molecular flexibility index (Phi) is 1.96. The molecule has 1 aliphatic rings. The van der Waals surface area contributed by atoms with Gasteiger partial charge in [-0.15, -0.1) is 0 Å². The molecule has 0 aromatic heterocycles. The van der Waals surface area contributed by atoms with Crippen molar-refractivity contribution in [1.82, 2.24) is 4.90 Å². The molecule has 0 spiro atoms. The van der Waals surface area contributed by atoms with Gasteiger partial charge in [-0.3, -0.25) is 10.6 Å². The minimum atomic E-state index is 0.0683. The molecular weight excluding hydrogens is 128 g/mol. The molecule has 0 bridgehead atoms. The summed E-state index contributed by atoms with van der Waals surface area (Å²) in [6.45, 7) is 2.88. The molecule has 1 fully saturated rings. The second kappa shape index (κ2) is 2.47. The van der Waals surface area contributed by atoms with Gasteiger partial charge in [0.15, 0.2) is 6.17 Å². The van der Waals surface area contributed by atoms with E-state index in [0.717, 1.165) is 19.6 Å². The first-order valence-corrected chi connectivity index (χ1v) is 3.60. The van der Waals surface area contributed by atoms with Gasteiger partial charge in [0, 0.05) is 6.54 Å². The van der Waals surface area contributed by atoms with Crippen LogP contribution in [-0.2, 0) is 0 Å². The Morgan fingerprint density at radius 3 is 2.60 bits per heavy atom. The lowest BCUT2D eigenvalue weighted by Gasteiger charge is -2.41. The van der Waals surface area contributed by atoms with Crippen molar-refractivity contribution < 1.29 is 4.59 Å². The second-order valence-corrected chi connectivity index (χ2v) is 3.40. The zero-order valence-corrected chi connectivity index (χ0v) is 6.75. The van der Waals surface area contributed by atoms with Crippen molar-refractivity contribution in [2.24, 2.45) is 11.6 Å². The zero-order chi connectivity index (χ0) is 7.78. The summed E-state index contributed by atoms with van der Waals surface area (Å²) in [6.07, 6.45) is 0.0683. The summed E-state index contributed by atoms with van der Waals surface area (Å²) in [5.74, 6) is 5.87. The number of nitrogens with two attached hydrogens (primary N) is 2. The van der Waals surface area contributed by atoms with Crippen LogP contribution >= 0.6 is 0 Å². The smallest absolute Gasteiger partial charge is 0.170 e. The second-order valence-electron chi connectivity index (χ2n) is 3.40. The first-order valence-electron chi connectivity index (χ1n) is 3.60. The third-order valence-corrected chi connectivity index (χ3v) is 2.22. The molecule has 1 heterocycles. The van der Waals surface area contributed by atoms with Crippen LogP contribution in [0, 0.1) is 0 Å². The highest BCUT2D eigenvalue weighted by Gasteiger charge is 2.31. The van der Waals surface area contributed by atoms with E-state index in [2.05, 4.69) is 11.9 Å². The lowest BCUT2D eigenvalue weighted by Crippen LogP contribution is -2.70. The Bertz CT molecular complexity index is 123. The minimum Gasteiger partial charge on any atom is -0.294 e. The highest BCUT2D eigenvalue weighted by atomic mass is 15.6. The summed E-state index contributed by atoms with van der Waals surface area (Å²) in [5.41, 5.74) is 5.81. The van der Waals surface area contributed by atoms with Crippen LogP contribution in [0.25, 0.3) is 0 Å². The fraction of sp³-hybridized carbons (Fsp3) is 1.00. The van der Waals surface area contributed by atoms with Crippen molar-refractivity contribution in [3.05, 3.63) is 0 Å². The van der Waals surface area contributed by atoms with Crippen LogP contribution in [0.2, 0.25) is 0 Å². The zero-order valence-electron chi connectivity index (χ0n) is 6.75. The summed E-state index contributed by atoms with van der Waals surface area (Å²) >= 11 is 0. The number of hydrogen-bond donors (Lipinski definition) is 2. The van der Waals surface area contributed by atoms with E-state index < -0.39 is 0 Å². The molecule has 0 aromatic rings. The van der Waals surface area contributed by atoms with Crippen molar-refractivity contribution in [3.63, 3.8) is 0 Å². The van der Waals surface area contributed by atoms with Crippen LogP contribution in [0.1, 0.15) is 0 Å². The molecule has 0 aliphatic carbocycles. The van der Waals surface area contributed by atoms with E-state index in [9.17, 15) is 0 Å². The molecule has 0 radical (unpaired) electrons. The van der Waals surface area contributed by atoms with Gasteiger partial charge in [0.05, 0.1) is 13.6 Å². The highest BCUT2D eigenvalue weighted by molar-refractivity contribution is 4.62. The van der Waals surface area contributed by atoms with Crippen molar-refractivity contribution in [1.29, 1.82) is 0 Å². The van der Waals surface area contributed by atoms with Gasteiger partial charge in [0.1, 0.15) is 6.54 Å². The number of nitrogens with zero attached hydrogens (tertiary/aromatic N) is 2. The SMILES string of the molecule is CN1CC[N+](C)(N)C(N)C1. The fourth-order valence-electron chi connectivity index (χ4n) is 1.15. The molecule has 1 saturated heterocycles. The topological polar surface area (TPSA) is 55.3 Å². The van der Waals surface area contributed by atoms with Crippen LogP contribution < -0.4 is 11.6 Å². The van der Waals surface area contributed by atoms with Gasteiger partial charge < -0.3 is 0 Å². The first kappa shape index (κ1) is 7.94. The normalized spacial score (nSPS) is 43.8. The number of hydrogen-bond acceptors (Lipinski definition) is 3. The first-order chi connectivity index (χ1) is 4.52. The monoisotopic (exact) mass is 145 g/mol. The molecule has 4 heteroatoms. The highest BCUT2D eigenvalue weighted by Crippen LogP contribution is 2.05. The van der Waals surface area contributed by atoms with Gasteiger partial charge in [-0.05, 0) is 7.05 Å². The van der Waals surface area contributed by atoms with E-state index in [1.54, 1.807) is 0 Å². The van der Waals surface area contributed by atoms with Crippen molar-refractivity contribution >= 4 is 0 Å². The van der Waals surface area contributed by atoms with E-state index in [1.807, 2.05) is 7.05 Å². The third-order valence-electron chi connectivity index (χ3n) is 2.22. The standard InChI is InChI=1S/C6H17N4/c1-9-3-4-10(2,8)6(7)5-9/h6H,3-5,7-8H2,1-2H3/q+1. The van der Waals surface area contributed by atoms with Crippen LogP contribution in [0.5, 0.6) is 0 Å². The molecule has 1 rings (SSSR count). The quantitative estimate of drug-likeness (QED) is 0.323. The molecule has 2 atom stereocenters. The molecule has 2 unspecified atom stereocenters. The number of likely N-dealkylation sites (N-methyl/N-ethyl adjacent to an activating group) is 2. The Morgan fingerprint density at radius 2 is 2.20 bits per heavy atom. The number of piperazine rings is 1. The van der Waals surface area contributed by atoms with E-state index in [0.29, 0.717) is 4.59 Å². The summed E-state index contributed by atoms with van der Waals surface area (Å²) in [7, 11) is 4.04. The molecule has 60 valence electrons. The molecule has 0 saturated carbocycles. The maximum atomic E-state index is 5.87. The van der Waals surface area contributed by atoms with Crippen molar-refractivity contribution in [2.45, 2.75) is 6.17 Å². The maximum absolute atomic E-state index is 5.87. The van der Waals surface area contributed by atoms with Gasteiger partial charge in [0.25, 0.3) is 0 Å². The Balaban J connectivity index is 2.52. The van der Waals surface area contributed by atoms with E-state index >= 15 is 0 Å².